The fraction of sp³-hybridized carbons (Fsp3) is 0.600. The Hall–Kier alpha value is -1.33. The van der Waals surface area contributed by atoms with Gasteiger partial charge in [0.15, 0.2) is 0 Å². The lowest BCUT2D eigenvalue weighted by molar-refractivity contribution is 0.0643. The molecule has 1 aromatic heterocycles. The number of nitrogens with two attached hydrogens (primary N) is 1. The van der Waals surface area contributed by atoms with Gasteiger partial charge >= 0.3 is 0 Å². The molecule has 0 spiro atoms. The van der Waals surface area contributed by atoms with E-state index < -0.39 is 0 Å². The molecule has 1 aromatic rings. The highest BCUT2D eigenvalue weighted by Gasteiger charge is 2.26. The summed E-state index contributed by atoms with van der Waals surface area (Å²) >= 11 is 5.86. The number of carbonyl (C=O) groups is 1. The third kappa shape index (κ3) is 3.86. The van der Waals surface area contributed by atoms with Crippen LogP contribution in [-0.4, -0.2) is 53.4 Å². The molecule has 0 aromatic carbocycles. The Labute approximate surface area is 131 Å². The predicted octanol–water partition coefficient (Wildman–Crippen LogP) is 2.26. The first-order chi connectivity index (χ1) is 10.0. The van der Waals surface area contributed by atoms with Crippen molar-refractivity contribution in [3.05, 3.63) is 23.0 Å². The normalized spacial score (nSPS) is 16.9. The molecule has 0 aliphatic carbocycles. The molecule has 2 N–H and O–H groups in total. The van der Waals surface area contributed by atoms with Crippen LogP contribution in [0.1, 0.15) is 36.5 Å². The number of amides is 1. The number of piperidine rings is 1. The second kappa shape index (κ2) is 7.09. The molecule has 1 fully saturated rings. The molecule has 2 heterocycles. The minimum Gasteiger partial charge on any atom is -0.397 e. The highest BCUT2D eigenvalue weighted by atomic mass is 35.5. The number of nitrogens with zero attached hydrogens (tertiary/aromatic N) is 3. The Kier molecular flexibility index (Phi) is 5.42. The van der Waals surface area contributed by atoms with Gasteiger partial charge in [0.05, 0.1) is 17.4 Å². The van der Waals surface area contributed by atoms with E-state index in [-0.39, 0.29) is 11.9 Å². The van der Waals surface area contributed by atoms with Crippen LogP contribution in [0.3, 0.4) is 0 Å². The van der Waals surface area contributed by atoms with Crippen molar-refractivity contribution in [2.24, 2.45) is 0 Å². The SMILES string of the molecule is CCCN1CCC(N(C)C(=O)c2cc(Cl)ncc2N)CC1. The first-order valence-electron chi connectivity index (χ1n) is 7.43. The van der Waals surface area contributed by atoms with Crippen LogP contribution in [0.15, 0.2) is 12.3 Å². The Morgan fingerprint density at radius 2 is 2.19 bits per heavy atom. The molecule has 0 saturated carbocycles. The van der Waals surface area contributed by atoms with Crippen molar-refractivity contribution in [3.63, 3.8) is 0 Å². The molecular weight excluding hydrogens is 288 g/mol. The number of pyridine rings is 1. The standard InChI is InChI=1S/C15H23ClN4O/c1-3-6-20-7-4-11(5-8-20)19(2)15(21)12-9-14(16)18-10-13(12)17/h9-11H,3-8,17H2,1-2H3. The van der Waals surface area contributed by atoms with Crippen LogP contribution in [0.2, 0.25) is 5.15 Å². The van der Waals surface area contributed by atoms with Gasteiger partial charge in [0.25, 0.3) is 5.91 Å². The zero-order valence-electron chi connectivity index (χ0n) is 12.7. The van der Waals surface area contributed by atoms with E-state index >= 15 is 0 Å². The Balaban J connectivity index is 2.01. The van der Waals surface area contributed by atoms with Crippen LogP contribution < -0.4 is 5.73 Å². The molecule has 5 nitrogen and oxygen atoms in total. The minimum atomic E-state index is -0.0780. The molecule has 0 radical (unpaired) electrons. The van der Waals surface area contributed by atoms with E-state index in [4.69, 9.17) is 17.3 Å². The molecule has 2 rings (SSSR count). The number of rotatable bonds is 4. The Morgan fingerprint density at radius 3 is 2.81 bits per heavy atom. The van der Waals surface area contributed by atoms with E-state index in [9.17, 15) is 4.79 Å². The molecule has 21 heavy (non-hydrogen) atoms. The predicted molar refractivity (Wildman–Crippen MR) is 85.5 cm³/mol. The summed E-state index contributed by atoms with van der Waals surface area (Å²) in [7, 11) is 1.84. The Bertz CT molecular complexity index is 500. The molecule has 0 unspecified atom stereocenters. The number of carbonyl (C=O) groups excluding carboxylic acids is 1. The van der Waals surface area contributed by atoms with Crippen LogP contribution in [0.4, 0.5) is 5.69 Å². The fourth-order valence-electron chi connectivity index (χ4n) is 2.83. The van der Waals surface area contributed by atoms with Gasteiger partial charge in [-0.25, -0.2) is 4.98 Å². The molecule has 1 saturated heterocycles. The smallest absolute Gasteiger partial charge is 0.256 e. The van der Waals surface area contributed by atoms with Crippen molar-refractivity contribution in [1.29, 1.82) is 0 Å². The third-order valence-corrected chi connectivity index (χ3v) is 4.30. The number of anilines is 1. The molecule has 0 bridgehead atoms. The van der Waals surface area contributed by atoms with Crippen LogP contribution in [-0.2, 0) is 0 Å². The van der Waals surface area contributed by atoms with Gasteiger partial charge in [-0.3, -0.25) is 4.79 Å². The van der Waals surface area contributed by atoms with E-state index in [0.29, 0.717) is 16.4 Å². The van der Waals surface area contributed by atoms with Crippen LogP contribution >= 0.6 is 11.6 Å². The number of likely N-dealkylation sites (tertiary alicyclic amines) is 1. The van der Waals surface area contributed by atoms with Crippen LogP contribution in [0.5, 0.6) is 0 Å². The lowest BCUT2D eigenvalue weighted by atomic mass is 10.0. The van der Waals surface area contributed by atoms with E-state index in [0.717, 1.165) is 32.5 Å². The number of halogens is 1. The first kappa shape index (κ1) is 16.0. The molecule has 1 aliphatic rings. The first-order valence-corrected chi connectivity index (χ1v) is 7.81. The third-order valence-electron chi connectivity index (χ3n) is 4.10. The molecule has 1 amide bonds. The summed E-state index contributed by atoms with van der Waals surface area (Å²) < 4.78 is 0. The van der Waals surface area contributed by atoms with Crippen molar-refractivity contribution in [2.45, 2.75) is 32.2 Å². The van der Waals surface area contributed by atoms with E-state index in [1.807, 2.05) is 7.05 Å². The maximum Gasteiger partial charge on any atom is 0.256 e. The van der Waals surface area contributed by atoms with Crippen LogP contribution in [0.25, 0.3) is 0 Å². The highest BCUT2D eigenvalue weighted by Crippen LogP contribution is 2.21. The number of hydrogen-bond donors (Lipinski definition) is 1. The summed E-state index contributed by atoms with van der Waals surface area (Å²) in [5.41, 5.74) is 6.66. The average Bonchev–Trinajstić information content (AvgIpc) is 2.49. The van der Waals surface area contributed by atoms with Gasteiger partial charge in [-0.05, 0) is 31.9 Å². The lowest BCUT2D eigenvalue weighted by Crippen LogP contribution is -2.45. The van der Waals surface area contributed by atoms with Gasteiger partial charge in [-0.2, -0.15) is 0 Å². The minimum absolute atomic E-state index is 0.0780. The van der Waals surface area contributed by atoms with Gasteiger partial charge in [0.2, 0.25) is 0 Å². The number of nitrogen functional groups attached to an aromatic ring is 1. The summed E-state index contributed by atoms with van der Waals surface area (Å²) in [4.78, 5) is 20.7. The van der Waals surface area contributed by atoms with Gasteiger partial charge < -0.3 is 15.5 Å². The van der Waals surface area contributed by atoms with Crippen molar-refractivity contribution < 1.29 is 4.79 Å². The van der Waals surface area contributed by atoms with E-state index in [2.05, 4.69) is 16.8 Å². The second-order valence-electron chi connectivity index (χ2n) is 5.58. The quantitative estimate of drug-likeness (QED) is 0.867. The number of hydrogen-bond acceptors (Lipinski definition) is 4. The summed E-state index contributed by atoms with van der Waals surface area (Å²) in [5.74, 6) is -0.0780. The van der Waals surface area contributed by atoms with Gasteiger partial charge in [-0.1, -0.05) is 18.5 Å². The summed E-state index contributed by atoms with van der Waals surface area (Å²) in [6.45, 7) is 5.42. The zero-order chi connectivity index (χ0) is 15.4. The summed E-state index contributed by atoms with van der Waals surface area (Å²) in [6, 6.07) is 1.80. The van der Waals surface area contributed by atoms with Gasteiger partial charge in [0.1, 0.15) is 5.15 Å². The average molecular weight is 311 g/mol. The van der Waals surface area contributed by atoms with Crippen molar-refractivity contribution in [2.75, 3.05) is 32.4 Å². The summed E-state index contributed by atoms with van der Waals surface area (Å²) in [5, 5.41) is 0.290. The molecule has 1 aliphatic heterocycles. The number of aromatic nitrogens is 1. The molecule has 6 heteroatoms. The van der Waals surface area contributed by atoms with Crippen LogP contribution in [0, 0.1) is 0 Å². The van der Waals surface area contributed by atoms with Crippen molar-refractivity contribution in [3.8, 4) is 0 Å². The zero-order valence-corrected chi connectivity index (χ0v) is 13.4. The second-order valence-corrected chi connectivity index (χ2v) is 5.97. The van der Waals surface area contributed by atoms with Gasteiger partial charge in [0, 0.05) is 26.2 Å². The molecular formula is C15H23ClN4O. The maximum atomic E-state index is 12.6. The largest absolute Gasteiger partial charge is 0.397 e. The molecule has 0 atom stereocenters. The fourth-order valence-corrected chi connectivity index (χ4v) is 2.99. The Morgan fingerprint density at radius 1 is 1.52 bits per heavy atom. The van der Waals surface area contributed by atoms with Crippen molar-refractivity contribution >= 4 is 23.2 Å². The summed E-state index contributed by atoms with van der Waals surface area (Å²) in [6.07, 6.45) is 4.61. The van der Waals surface area contributed by atoms with E-state index in [1.54, 1.807) is 11.0 Å². The van der Waals surface area contributed by atoms with Crippen molar-refractivity contribution in [1.82, 2.24) is 14.8 Å². The highest BCUT2D eigenvalue weighted by molar-refractivity contribution is 6.29. The maximum absolute atomic E-state index is 12.6. The molecule has 116 valence electrons. The van der Waals surface area contributed by atoms with E-state index in [1.165, 1.54) is 12.6 Å². The van der Waals surface area contributed by atoms with Gasteiger partial charge in [-0.15, -0.1) is 0 Å². The lowest BCUT2D eigenvalue weighted by Gasteiger charge is -2.36. The topological polar surface area (TPSA) is 62.5 Å². The monoisotopic (exact) mass is 310 g/mol.